The molecular formula is C36H65N7OS. The van der Waals surface area contributed by atoms with Gasteiger partial charge in [0.2, 0.25) is 5.95 Å². The van der Waals surface area contributed by atoms with Crippen molar-refractivity contribution in [3.63, 3.8) is 0 Å². The van der Waals surface area contributed by atoms with Crippen LogP contribution in [0.25, 0.3) is 0 Å². The number of thioether (sulfide) groups is 1. The van der Waals surface area contributed by atoms with E-state index in [0.29, 0.717) is 29.3 Å². The molecule has 0 bridgehead atoms. The Hall–Kier alpha value is -2.88. The van der Waals surface area contributed by atoms with Crippen LogP contribution in [-0.2, 0) is 0 Å². The van der Waals surface area contributed by atoms with Crippen LogP contribution in [0.5, 0.6) is 0 Å². The van der Waals surface area contributed by atoms with Crippen molar-refractivity contribution in [3.05, 3.63) is 65.6 Å². The molecule has 0 spiro atoms. The maximum atomic E-state index is 9.91. The Bertz CT molecular complexity index is 1150. The highest BCUT2D eigenvalue weighted by atomic mass is 32.2. The molecule has 4 N–H and O–H groups in total. The second-order valence-corrected chi connectivity index (χ2v) is 11.6. The number of anilines is 3. The molecule has 0 saturated carbocycles. The summed E-state index contributed by atoms with van der Waals surface area (Å²) in [7, 11) is 4.24. The van der Waals surface area contributed by atoms with E-state index in [2.05, 4.69) is 72.9 Å². The summed E-state index contributed by atoms with van der Waals surface area (Å²) in [6.07, 6.45) is 11.6. The Labute approximate surface area is 280 Å². The van der Waals surface area contributed by atoms with Crippen molar-refractivity contribution in [2.75, 3.05) is 50.0 Å². The summed E-state index contributed by atoms with van der Waals surface area (Å²) in [5.41, 5.74) is 10.4. The van der Waals surface area contributed by atoms with Gasteiger partial charge in [0.25, 0.3) is 0 Å². The molecule has 1 unspecified atom stereocenters. The van der Waals surface area contributed by atoms with E-state index >= 15 is 0 Å². The highest BCUT2D eigenvalue weighted by molar-refractivity contribution is 7.97. The zero-order valence-electron chi connectivity index (χ0n) is 30.9. The third-order valence-corrected chi connectivity index (χ3v) is 6.60. The fraction of sp³-hybridized carbons (Fsp3) is 0.583. The van der Waals surface area contributed by atoms with Gasteiger partial charge >= 0.3 is 0 Å². The van der Waals surface area contributed by atoms with Gasteiger partial charge in [-0.05, 0) is 109 Å². The Morgan fingerprint density at radius 1 is 1.13 bits per heavy atom. The van der Waals surface area contributed by atoms with Gasteiger partial charge in [-0.2, -0.15) is 16.7 Å². The summed E-state index contributed by atoms with van der Waals surface area (Å²) in [6.45, 7) is 25.5. The van der Waals surface area contributed by atoms with Crippen LogP contribution in [0.15, 0.2) is 53.9 Å². The van der Waals surface area contributed by atoms with Crippen LogP contribution in [0.3, 0.4) is 0 Å². The number of benzene rings is 1. The van der Waals surface area contributed by atoms with Crippen LogP contribution < -0.4 is 16.0 Å². The molecule has 45 heavy (non-hydrogen) atoms. The normalized spacial score (nSPS) is 12.3. The number of aliphatic hydroxyl groups excluding tert-OH is 1. The summed E-state index contributed by atoms with van der Waals surface area (Å²) in [5.74, 6) is 2.29. The number of allylic oxidation sites excluding steroid dienone is 1. The number of aliphatic imine (C=N–C) groups is 1. The van der Waals surface area contributed by atoms with Crippen molar-refractivity contribution in [3.8, 4) is 0 Å². The van der Waals surface area contributed by atoms with E-state index in [4.69, 9.17) is 10.7 Å². The number of aryl methyl sites for hydroxylation is 1. The van der Waals surface area contributed by atoms with Crippen LogP contribution in [0.4, 0.5) is 17.5 Å². The van der Waals surface area contributed by atoms with Gasteiger partial charge in [-0.15, -0.1) is 0 Å². The first kappa shape index (κ1) is 44.2. The number of nitrogens with two attached hydrogens (primary N) is 1. The van der Waals surface area contributed by atoms with Gasteiger partial charge in [0.05, 0.1) is 0 Å². The Morgan fingerprint density at radius 3 is 2.20 bits per heavy atom. The average molecular weight is 644 g/mol. The van der Waals surface area contributed by atoms with Crippen LogP contribution in [0.1, 0.15) is 104 Å². The molecule has 0 amide bonds. The summed E-state index contributed by atoms with van der Waals surface area (Å²) in [4.78, 5) is 18.1. The number of rotatable bonds is 14. The van der Waals surface area contributed by atoms with Crippen LogP contribution >= 0.6 is 11.8 Å². The van der Waals surface area contributed by atoms with Crippen molar-refractivity contribution < 1.29 is 5.11 Å². The third kappa shape index (κ3) is 15.8. The van der Waals surface area contributed by atoms with Crippen molar-refractivity contribution in [2.24, 2.45) is 10.7 Å². The van der Waals surface area contributed by atoms with E-state index in [0.717, 1.165) is 30.6 Å². The fourth-order valence-electron chi connectivity index (χ4n) is 4.49. The molecule has 0 saturated heterocycles. The number of aliphatic hydroxyl groups is 1. The van der Waals surface area contributed by atoms with Gasteiger partial charge in [-0.3, -0.25) is 0 Å². The minimum atomic E-state index is -0.167. The SMILES string of the molecule is C=C(/N=C(N)\C=C/C)N(c1nc(Nc2ccc(C(CC)CCN(C)C)c(C)c2)ncc1[C@@H](C)CO)C(C)C.CC.CC.CSC. The van der Waals surface area contributed by atoms with Crippen LogP contribution in [0, 0.1) is 6.92 Å². The van der Waals surface area contributed by atoms with Gasteiger partial charge < -0.3 is 26.0 Å². The smallest absolute Gasteiger partial charge is 0.229 e. The van der Waals surface area contributed by atoms with Gasteiger partial charge in [-0.1, -0.05) is 60.3 Å². The lowest BCUT2D eigenvalue weighted by Crippen LogP contribution is -2.32. The molecular weight excluding hydrogens is 579 g/mol. The monoisotopic (exact) mass is 643 g/mol. The largest absolute Gasteiger partial charge is 0.396 e. The Morgan fingerprint density at radius 2 is 1.73 bits per heavy atom. The van der Waals surface area contributed by atoms with E-state index in [1.807, 2.05) is 78.9 Å². The van der Waals surface area contributed by atoms with Crippen molar-refractivity contribution in [2.45, 2.75) is 100.0 Å². The minimum Gasteiger partial charge on any atom is -0.396 e. The number of aromatic nitrogens is 2. The molecule has 1 heterocycles. The molecule has 9 heteroatoms. The first-order valence-electron chi connectivity index (χ1n) is 16.3. The molecule has 2 atom stereocenters. The lowest BCUT2D eigenvalue weighted by Gasteiger charge is -2.30. The summed E-state index contributed by atoms with van der Waals surface area (Å²) >= 11 is 1.75. The molecule has 0 aliphatic carbocycles. The summed E-state index contributed by atoms with van der Waals surface area (Å²) in [6, 6.07) is 6.45. The van der Waals surface area contributed by atoms with E-state index in [9.17, 15) is 5.11 Å². The predicted molar refractivity (Wildman–Crippen MR) is 204 cm³/mol. The number of amidine groups is 1. The second kappa shape index (κ2) is 25.3. The quantitative estimate of drug-likeness (QED) is 0.139. The standard InChI is InChI=1S/C30H47N7O.C2H6S.2C2H6/c1-10-12-28(31)33-23(7)37(20(3)4)29-27(22(6)19-38)18-32-30(35-29)34-25-13-14-26(21(5)17-25)24(11-2)15-16-36(8)9;1-3-2;2*1-2/h10,12-14,17-18,20,22,24,38H,7,11,15-16,19H2,1-6,8-9H3,(H2,31,33)(H,32,34,35);1-2H3;2*1-2H3/b12-10-;;;/t22-,24?;;;/m0.../s1. The van der Waals surface area contributed by atoms with E-state index < -0.39 is 0 Å². The average Bonchev–Trinajstić information content (AvgIpc) is 3.00. The van der Waals surface area contributed by atoms with Gasteiger partial charge in [-0.25, -0.2) is 9.98 Å². The molecule has 0 aliphatic rings. The number of nitrogens with zero attached hydrogens (tertiary/aromatic N) is 5. The van der Waals surface area contributed by atoms with Crippen molar-refractivity contribution in [1.82, 2.24) is 14.9 Å². The number of nitrogens with one attached hydrogen (secondary N) is 1. The Kier molecular flexibility index (Phi) is 24.9. The highest BCUT2D eigenvalue weighted by Crippen LogP contribution is 2.32. The molecule has 0 aliphatic heterocycles. The number of hydrogen-bond donors (Lipinski definition) is 3. The van der Waals surface area contributed by atoms with Gasteiger partial charge in [0.15, 0.2) is 0 Å². The topological polar surface area (TPSA) is 103 Å². The lowest BCUT2D eigenvalue weighted by atomic mass is 9.89. The molecule has 1 aromatic heterocycles. The molecule has 8 nitrogen and oxygen atoms in total. The van der Waals surface area contributed by atoms with E-state index in [-0.39, 0.29) is 18.6 Å². The number of hydrogen-bond acceptors (Lipinski definition) is 8. The summed E-state index contributed by atoms with van der Waals surface area (Å²) < 4.78 is 0. The van der Waals surface area contributed by atoms with Crippen molar-refractivity contribution in [1.29, 1.82) is 0 Å². The van der Waals surface area contributed by atoms with Gasteiger partial charge in [0, 0.05) is 36.0 Å². The second-order valence-electron chi connectivity index (χ2n) is 10.8. The van der Waals surface area contributed by atoms with E-state index in [1.54, 1.807) is 24.0 Å². The maximum Gasteiger partial charge on any atom is 0.229 e. The maximum absolute atomic E-state index is 9.91. The predicted octanol–water partition coefficient (Wildman–Crippen LogP) is 8.72. The minimum absolute atomic E-state index is 0.00767. The third-order valence-electron chi connectivity index (χ3n) is 6.60. The Balaban J connectivity index is 0. The van der Waals surface area contributed by atoms with Gasteiger partial charge in [0.1, 0.15) is 17.5 Å². The molecule has 0 radical (unpaired) electrons. The first-order chi connectivity index (χ1) is 21.4. The molecule has 0 fully saturated rings. The zero-order valence-corrected chi connectivity index (χ0v) is 31.7. The van der Waals surface area contributed by atoms with Crippen molar-refractivity contribution >= 4 is 35.1 Å². The van der Waals surface area contributed by atoms with Crippen LogP contribution in [0.2, 0.25) is 0 Å². The van der Waals surface area contributed by atoms with Crippen LogP contribution in [-0.4, -0.2) is 71.6 Å². The summed E-state index contributed by atoms with van der Waals surface area (Å²) in [5, 5.41) is 13.3. The zero-order chi connectivity index (χ0) is 35.1. The molecule has 256 valence electrons. The lowest BCUT2D eigenvalue weighted by molar-refractivity contribution is 0.272. The molecule has 1 aromatic carbocycles. The molecule has 2 aromatic rings. The fourth-order valence-corrected chi connectivity index (χ4v) is 4.49. The first-order valence-corrected chi connectivity index (χ1v) is 17.9. The highest BCUT2D eigenvalue weighted by Gasteiger charge is 2.23. The molecule has 2 rings (SSSR count). The van der Waals surface area contributed by atoms with E-state index in [1.165, 1.54) is 11.1 Å².